The maximum absolute atomic E-state index is 5.76. The minimum Gasteiger partial charge on any atom is -0.496 e. The van der Waals surface area contributed by atoms with E-state index in [9.17, 15) is 0 Å². The molecule has 0 saturated carbocycles. The SMILES string of the molecule is COc1ccc(CN(C)CCl)c(OC)c1C. The Balaban J connectivity index is 3.05. The highest BCUT2D eigenvalue weighted by Gasteiger charge is 2.12. The average molecular weight is 244 g/mol. The molecule has 0 aromatic heterocycles. The smallest absolute Gasteiger partial charge is 0.129 e. The van der Waals surface area contributed by atoms with Crippen LogP contribution >= 0.6 is 11.6 Å². The second-order valence-corrected chi connectivity index (χ2v) is 3.96. The highest BCUT2D eigenvalue weighted by Crippen LogP contribution is 2.31. The van der Waals surface area contributed by atoms with Crippen molar-refractivity contribution in [3.63, 3.8) is 0 Å². The van der Waals surface area contributed by atoms with Crippen LogP contribution in [0.1, 0.15) is 11.1 Å². The summed E-state index contributed by atoms with van der Waals surface area (Å²) in [4.78, 5) is 2.01. The van der Waals surface area contributed by atoms with E-state index in [0.717, 1.165) is 29.2 Å². The van der Waals surface area contributed by atoms with Crippen molar-refractivity contribution in [3.8, 4) is 11.5 Å². The molecular formula is C12H18ClNO2. The number of halogens is 1. The van der Waals surface area contributed by atoms with Crippen LogP contribution in [0.2, 0.25) is 0 Å². The van der Waals surface area contributed by atoms with Crippen molar-refractivity contribution in [2.75, 3.05) is 27.3 Å². The number of alkyl halides is 1. The van der Waals surface area contributed by atoms with E-state index in [1.165, 1.54) is 0 Å². The molecule has 0 fully saturated rings. The van der Waals surface area contributed by atoms with Crippen molar-refractivity contribution in [3.05, 3.63) is 23.3 Å². The first kappa shape index (κ1) is 13.1. The molecule has 0 bridgehead atoms. The first-order chi connectivity index (χ1) is 7.63. The standard InChI is InChI=1S/C12H18ClNO2/c1-9-11(15-3)6-5-10(12(9)16-4)7-14(2)8-13/h5-6H,7-8H2,1-4H3. The lowest BCUT2D eigenvalue weighted by Crippen LogP contribution is -2.16. The van der Waals surface area contributed by atoms with E-state index >= 15 is 0 Å². The number of hydrogen-bond donors (Lipinski definition) is 0. The molecular weight excluding hydrogens is 226 g/mol. The van der Waals surface area contributed by atoms with Crippen LogP contribution in [0.5, 0.6) is 11.5 Å². The molecule has 90 valence electrons. The number of rotatable bonds is 5. The first-order valence-electron chi connectivity index (χ1n) is 5.09. The zero-order chi connectivity index (χ0) is 12.1. The van der Waals surface area contributed by atoms with E-state index in [-0.39, 0.29) is 0 Å². The van der Waals surface area contributed by atoms with E-state index in [2.05, 4.69) is 0 Å². The fourth-order valence-corrected chi connectivity index (χ4v) is 1.78. The molecule has 1 rings (SSSR count). The summed E-state index contributed by atoms with van der Waals surface area (Å²) in [5.41, 5.74) is 2.13. The Morgan fingerprint density at radius 3 is 2.44 bits per heavy atom. The minimum atomic E-state index is 0.494. The molecule has 16 heavy (non-hydrogen) atoms. The Morgan fingerprint density at radius 1 is 1.25 bits per heavy atom. The molecule has 0 aliphatic carbocycles. The topological polar surface area (TPSA) is 21.7 Å². The summed E-state index contributed by atoms with van der Waals surface area (Å²) in [5.74, 6) is 1.71. The molecule has 0 spiro atoms. The van der Waals surface area contributed by atoms with Crippen LogP contribution in [-0.4, -0.2) is 32.2 Å². The second kappa shape index (κ2) is 5.97. The number of hydrogen-bond acceptors (Lipinski definition) is 3. The molecule has 0 amide bonds. The highest BCUT2D eigenvalue weighted by molar-refractivity contribution is 6.17. The zero-order valence-electron chi connectivity index (χ0n) is 10.2. The summed E-state index contributed by atoms with van der Waals surface area (Å²) >= 11 is 5.76. The van der Waals surface area contributed by atoms with Crippen molar-refractivity contribution in [1.82, 2.24) is 4.90 Å². The summed E-state index contributed by atoms with van der Waals surface area (Å²) < 4.78 is 10.7. The number of ether oxygens (including phenoxy) is 2. The van der Waals surface area contributed by atoms with E-state index in [0.29, 0.717) is 6.00 Å². The fourth-order valence-electron chi connectivity index (χ4n) is 1.69. The normalized spacial score (nSPS) is 10.6. The van der Waals surface area contributed by atoms with Gasteiger partial charge >= 0.3 is 0 Å². The van der Waals surface area contributed by atoms with Gasteiger partial charge in [0.1, 0.15) is 11.5 Å². The number of nitrogens with zero attached hydrogens (tertiary/aromatic N) is 1. The van der Waals surface area contributed by atoms with Gasteiger partial charge in [-0.3, -0.25) is 4.90 Å². The number of benzene rings is 1. The molecule has 1 aromatic rings. The van der Waals surface area contributed by atoms with Crippen molar-refractivity contribution in [2.24, 2.45) is 0 Å². The van der Waals surface area contributed by atoms with Crippen LogP contribution in [-0.2, 0) is 6.54 Å². The van der Waals surface area contributed by atoms with Crippen LogP contribution in [0, 0.1) is 6.92 Å². The van der Waals surface area contributed by atoms with E-state index in [4.69, 9.17) is 21.1 Å². The van der Waals surface area contributed by atoms with Crippen LogP contribution in [0.25, 0.3) is 0 Å². The van der Waals surface area contributed by atoms with Crippen LogP contribution < -0.4 is 9.47 Å². The average Bonchev–Trinajstić information content (AvgIpc) is 2.29. The van der Waals surface area contributed by atoms with Crippen molar-refractivity contribution in [1.29, 1.82) is 0 Å². The van der Waals surface area contributed by atoms with Gasteiger partial charge in [-0.15, -0.1) is 11.6 Å². The lowest BCUT2D eigenvalue weighted by Gasteiger charge is -2.18. The summed E-state index contributed by atoms with van der Waals surface area (Å²) in [7, 11) is 5.30. The fraction of sp³-hybridized carbons (Fsp3) is 0.500. The zero-order valence-corrected chi connectivity index (χ0v) is 11.0. The maximum atomic E-state index is 5.76. The Hall–Kier alpha value is -0.930. The molecule has 4 heteroatoms. The third-order valence-electron chi connectivity index (χ3n) is 2.51. The molecule has 0 unspecified atom stereocenters. The summed E-state index contributed by atoms with van der Waals surface area (Å²) in [6, 6.07) is 4.46. The Morgan fingerprint density at radius 2 is 1.94 bits per heavy atom. The van der Waals surface area contributed by atoms with Crippen LogP contribution in [0.15, 0.2) is 12.1 Å². The summed E-state index contributed by atoms with van der Waals surface area (Å²) in [5, 5.41) is 0. The van der Waals surface area contributed by atoms with Crippen molar-refractivity contribution >= 4 is 11.6 Å². The predicted molar refractivity (Wildman–Crippen MR) is 66.5 cm³/mol. The van der Waals surface area contributed by atoms with Gasteiger partial charge < -0.3 is 9.47 Å². The molecule has 0 saturated heterocycles. The van der Waals surface area contributed by atoms with E-state index in [1.54, 1.807) is 14.2 Å². The van der Waals surface area contributed by atoms with Gasteiger partial charge in [-0.05, 0) is 20.0 Å². The predicted octanol–water partition coefficient (Wildman–Crippen LogP) is 2.64. The third kappa shape index (κ3) is 2.80. The molecule has 0 N–H and O–H groups in total. The number of methoxy groups -OCH3 is 2. The van der Waals surface area contributed by atoms with E-state index < -0.39 is 0 Å². The van der Waals surface area contributed by atoms with Gasteiger partial charge in [0.05, 0.1) is 20.2 Å². The van der Waals surface area contributed by atoms with Gasteiger partial charge in [-0.25, -0.2) is 0 Å². The second-order valence-electron chi connectivity index (χ2n) is 3.72. The van der Waals surface area contributed by atoms with E-state index in [1.807, 2.05) is 31.0 Å². The van der Waals surface area contributed by atoms with Gasteiger partial charge in [0.15, 0.2) is 0 Å². The quantitative estimate of drug-likeness (QED) is 0.586. The lowest BCUT2D eigenvalue weighted by atomic mass is 10.1. The van der Waals surface area contributed by atoms with Gasteiger partial charge in [0.2, 0.25) is 0 Å². The summed E-state index contributed by atoms with van der Waals surface area (Å²) in [6.45, 7) is 2.75. The largest absolute Gasteiger partial charge is 0.496 e. The van der Waals surface area contributed by atoms with Gasteiger partial charge in [0, 0.05) is 17.7 Å². The summed E-state index contributed by atoms with van der Waals surface area (Å²) in [6.07, 6.45) is 0. The Bertz CT molecular complexity index is 355. The highest BCUT2D eigenvalue weighted by atomic mass is 35.5. The first-order valence-corrected chi connectivity index (χ1v) is 5.62. The molecule has 1 aromatic carbocycles. The van der Waals surface area contributed by atoms with Gasteiger partial charge in [-0.1, -0.05) is 6.07 Å². The molecule has 0 atom stereocenters. The van der Waals surface area contributed by atoms with Crippen molar-refractivity contribution in [2.45, 2.75) is 13.5 Å². The van der Waals surface area contributed by atoms with Gasteiger partial charge in [0.25, 0.3) is 0 Å². The molecule has 0 heterocycles. The van der Waals surface area contributed by atoms with Gasteiger partial charge in [-0.2, -0.15) is 0 Å². The van der Waals surface area contributed by atoms with Crippen LogP contribution in [0.3, 0.4) is 0 Å². The maximum Gasteiger partial charge on any atom is 0.129 e. The Kier molecular flexibility index (Phi) is 4.90. The molecule has 0 aliphatic heterocycles. The Labute approximate surface area is 102 Å². The van der Waals surface area contributed by atoms with Crippen molar-refractivity contribution < 1.29 is 9.47 Å². The van der Waals surface area contributed by atoms with Crippen LogP contribution in [0.4, 0.5) is 0 Å². The molecule has 0 radical (unpaired) electrons. The molecule has 0 aliphatic rings. The lowest BCUT2D eigenvalue weighted by molar-refractivity contribution is 0.353. The monoisotopic (exact) mass is 243 g/mol. The third-order valence-corrected chi connectivity index (χ3v) is 2.91. The molecule has 3 nitrogen and oxygen atoms in total. The minimum absolute atomic E-state index is 0.494.